The number of hydrogen-bond donors (Lipinski definition) is 1. The average Bonchev–Trinajstić information content (AvgIpc) is 2.69. The highest BCUT2D eigenvalue weighted by Crippen LogP contribution is 2.24. The van der Waals surface area contributed by atoms with Crippen molar-refractivity contribution in [1.82, 2.24) is 10.2 Å². The molecule has 0 radical (unpaired) electrons. The zero-order chi connectivity index (χ0) is 25.8. The second kappa shape index (κ2) is 11.5. The maximum atomic E-state index is 13.5. The number of benzene rings is 2. The Labute approximate surface area is 225 Å². The first-order valence-corrected chi connectivity index (χ1v) is 14.1. The fraction of sp³-hybridized carbons (Fsp3) is 0.391. The van der Waals surface area contributed by atoms with E-state index in [0.29, 0.717) is 21.3 Å². The van der Waals surface area contributed by atoms with Crippen LogP contribution in [0.15, 0.2) is 42.5 Å². The zero-order valence-electron chi connectivity index (χ0n) is 19.6. The monoisotopic (exact) mass is 639 g/mol. The normalized spacial score (nSPS) is 12.7. The van der Waals surface area contributed by atoms with Crippen molar-refractivity contribution in [2.45, 2.75) is 45.8 Å². The number of rotatable bonds is 8. The van der Waals surface area contributed by atoms with Gasteiger partial charge in [-0.2, -0.15) is 0 Å². The lowest BCUT2D eigenvalue weighted by molar-refractivity contribution is -0.140. The lowest BCUT2D eigenvalue weighted by Crippen LogP contribution is -2.54. The number of halogens is 3. The van der Waals surface area contributed by atoms with Crippen molar-refractivity contribution in [2.24, 2.45) is 0 Å². The second-order valence-electron chi connectivity index (χ2n) is 8.92. The van der Waals surface area contributed by atoms with Crippen molar-refractivity contribution in [3.8, 4) is 0 Å². The van der Waals surface area contributed by atoms with Crippen LogP contribution in [-0.2, 0) is 26.2 Å². The first-order chi connectivity index (χ1) is 15.6. The Morgan fingerprint density at radius 1 is 1.09 bits per heavy atom. The van der Waals surface area contributed by atoms with Crippen molar-refractivity contribution in [2.75, 3.05) is 17.1 Å². The molecule has 0 saturated heterocycles. The van der Waals surface area contributed by atoms with E-state index in [2.05, 4.69) is 27.9 Å². The van der Waals surface area contributed by atoms with Gasteiger partial charge in [-0.05, 0) is 92.2 Å². The van der Waals surface area contributed by atoms with Gasteiger partial charge in [0.05, 0.1) is 11.9 Å². The van der Waals surface area contributed by atoms with E-state index in [9.17, 15) is 18.0 Å². The van der Waals surface area contributed by atoms with Gasteiger partial charge in [-0.15, -0.1) is 0 Å². The van der Waals surface area contributed by atoms with E-state index in [4.69, 9.17) is 23.2 Å². The number of sulfonamides is 1. The molecule has 1 N–H and O–H groups in total. The predicted molar refractivity (Wildman–Crippen MR) is 146 cm³/mol. The highest BCUT2D eigenvalue weighted by Gasteiger charge is 2.31. The molecular weight excluding hydrogens is 612 g/mol. The van der Waals surface area contributed by atoms with Gasteiger partial charge in [0.1, 0.15) is 12.6 Å². The number of hydrogen-bond acceptors (Lipinski definition) is 4. The summed E-state index contributed by atoms with van der Waals surface area (Å²) >= 11 is 14.4. The van der Waals surface area contributed by atoms with Gasteiger partial charge in [-0.25, -0.2) is 8.42 Å². The standard InChI is InChI=1S/C23H28Cl2IN3O4S/c1-15(22(31)27-23(2,3)4)28(13-16-6-7-17(24)12-20(16)25)21(30)14-29(34(5,32)33)19-10-8-18(26)9-11-19/h6-12,15H,13-14H2,1-5H3,(H,27,31)/t15-/m0/s1. The Balaban J connectivity index is 2.43. The molecule has 2 rings (SSSR count). The lowest BCUT2D eigenvalue weighted by Gasteiger charge is -2.33. The molecule has 0 aliphatic rings. The maximum Gasteiger partial charge on any atom is 0.244 e. The zero-order valence-corrected chi connectivity index (χ0v) is 24.1. The van der Waals surface area contributed by atoms with E-state index >= 15 is 0 Å². The Morgan fingerprint density at radius 3 is 2.18 bits per heavy atom. The molecule has 1 atom stereocenters. The fourth-order valence-electron chi connectivity index (χ4n) is 3.11. The molecule has 2 amide bonds. The number of carbonyl (C=O) groups excluding carboxylic acids is 2. The topological polar surface area (TPSA) is 86.8 Å². The first-order valence-electron chi connectivity index (χ1n) is 10.4. The Hall–Kier alpha value is -1.56. The molecule has 0 saturated carbocycles. The van der Waals surface area contributed by atoms with Gasteiger partial charge in [0.2, 0.25) is 21.8 Å². The number of carbonyl (C=O) groups is 2. The van der Waals surface area contributed by atoms with Gasteiger partial charge in [0.25, 0.3) is 0 Å². The summed E-state index contributed by atoms with van der Waals surface area (Å²) in [4.78, 5) is 27.8. The van der Waals surface area contributed by atoms with E-state index < -0.39 is 34.1 Å². The summed E-state index contributed by atoms with van der Waals surface area (Å²) in [6.45, 7) is 6.63. The van der Waals surface area contributed by atoms with Gasteiger partial charge in [-0.1, -0.05) is 29.3 Å². The van der Waals surface area contributed by atoms with Gasteiger partial charge in [0.15, 0.2) is 0 Å². The smallest absolute Gasteiger partial charge is 0.244 e. The number of nitrogens with zero attached hydrogens (tertiary/aromatic N) is 2. The molecule has 0 aromatic heterocycles. The molecule has 0 fully saturated rings. The van der Waals surface area contributed by atoms with Crippen LogP contribution >= 0.6 is 45.8 Å². The highest BCUT2D eigenvalue weighted by atomic mass is 127. The summed E-state index contributed by atoms with van der Waals surface area (Å²) in [5, 5.41) is 3.64. The van der Waals surface area contributed by atoms with E-state index in [1.54, 1.807) is 49.4 Å². The van der Waals surface area contributed by atoms with Crippen LogP contribution in [0.1, 0.15) is 33.3 Å². The van der Waals surface area contributed by atoms with Crippen LogP contribution in [-0.4, -0.2) is 49.5 Å². The van der Waals surface area contributed by atoms with Crippen molar-refractivity contribution < 1.29 is 18.0 Å². The van der Waals surface area contributed by atoms with E-state index in [1.165, 1.54) is 4.90 Å². The van der Waals surface area contributed by atoms with E-state index in [0.717, 1.165) is 14.1 Å². The summed E-state index contributed by atoms with van der Waals surface area (Å²) in [5.74, 6) is -0.919. The lowest BCUT2D eigenvalue weighted by atomic mass is 10.1. The van der Waals surface area contributed by atoms with Crippen LogP contribution < -0.4 is 9.62 Å². The number of amides is 2. The molecule has 7 nitrogen and oxygen atoms in total. The largest absolute Gasteiger partial charge is 0.350 e. The van der Waals surface area contributed by atoms with Gasteiger partial charge in [-0.3, -0.25) is 13.9 Å². The third-order valence-corrected chi connectivity index (χ3v) is 7.26. The minimum Gasteiger partial charge on any atom is -0.350 e. The molecule has 0 heterocycles. The molecule has 34 heavy (non-hydrogen) atoms. The number of anilines is 1. The molecule has 2 aromatic rings. The quantitative estimate of drug-likeness (QED) is 0.425. The Kier molecular flexibility index (Phi) is 9.66. The third kappa shape index (κ3) is 8.28. The minimum atomic E-state index is -3.78. The van der Waals surface area contributed by atoms with Crippen LogP contribution in [0.25, 0.3) is 0 Å². The maximum absolute atomic E-state index is 13.5. The van der Waals surface area contributed by atoms with E-state index in [-0.39, 0.29) is 12.5 Å². The molecule has 0 spiro atoms. The van der Waals surface area contributed by atoms with Crippen LogP contribution in [0, 0.1) is 3.57 Å². The molecule has 11 heteroatoms. The van der Waals surface area contributed by atoms with Crippen LogP contribution in [0.2, 0.25) is 10.0 Å². The summed E-state index contributed by atoms with van der Waals surface area (Å²) in [6.07, 6.45) is 1.04. The SMILES string of the molecule is C[C@@H](C(=O)NC(C)(C)C)N(Cc1ccc(Cl)cc1Cl)C(=O)CN(c1ccc(I)cc1)S(C)(=O)=O. The molecular formula is C23H28Cl2IN3O4S. The molecule has 0 aliphatic carbocycles. The second-order valence-corrected chi connectivity index (χ2v) is 12.9. The molecule has 0 unspecified atom stereocenters. The Morgan fingerprint density at radius 2 is 1.68 bits per heavy atom. The molecule has 2 aromatic carbocycles. The number of nitrogens with one attached hydrogen (secondary N) is 1. The Bertz CT molecular complexity index is 1150. The van der Waals surface area contributed by atoms with Gasteiger partial charge >= 0.3 is 0 Å². The fourth-order valence-corrected chi connectivity index (χ4v) is 4.79. The van der Waals surface area contributed by atoms with Crippen molar-refractivity contribution in [1.29, 1.82) is 0 Å². The summed E-state index contributed by atoms with van der Waals surface area (Å²) < 4.78 is 27.1. The third-order valence-electron chi connectivity index (χ3n) is 4.82. The van der Waals surface area contributed by atoms with Crippen molar-refractivity contribution in [3.63, 3.8) is 0 Å². The van der Waals surface area contributed by atoms with Gasteiger partial charge < -0.3 is 10.2 Å². The van der Waals surface area contributed by atoms with Gasteiger partial charge in [0, 0.05) is 25.7 Å². The van der Waals surface area contributed by atoms with Crippen LogP contribution in [0.3, 0.4) is 0 Å². The molecule has 0 aliphatic heterocycles. The van der Waals surface area contributed by atoms with Crippen molar-refractivity contribution in [3.05, 3.63) is 61.6 Å². The molecule has 0 bridgehead atoms. The van der Waals surface area contributed by atoms with Crippen LogP contribution in [0.4, 0.5) is 5.69 Å². The minimum absolute atomic E-state index is 0.00213. The predicted octanol–water partition coefficient (Wildman–Crippen LogP) is 4.70. The summed E-state index contributed by atoms with van der Waals surface area (Å²) in [7, 11) is -3.78. The highest BCUT2D eigenvalue weighted by molar-refractivity contribution is 14.1. The van der Waals surface area contributed by atoms with Crippen molar-refractivity contribution >= 4 is 73.3 Å². The average molecular weight is 640 g/mol. The first kappa shape index (κ1) is 28.7. The van der Waals surface area contributed by atoms with E-state index in [1.807, 2.05) is 20.8 Å². The summed E-state index contributed by atoms with van der Waals surface area (Å²) in [6, 6.07) is 10.7. The summed E-state index contributed by atoms with van der Waals surface area (Å²) in [5.41, 5.74) is 0.417. The molecule has 186 valence electrons. The van der Waals surface area contributed by atoms with Crippen LogP contribution in [0.5, 0.6) is 0 Å².